The van der Waals surface area contributed by atoms with Crippen molar-refractivity contribution in [2.45, 2.75) is 12.8 Å². The third kappa shape index (κ3) is 2.74. The number of benzene rings is 1. The Morgan fingerprint density at radius 3 is 2.62 bits per heavy atom. The zero-order valence-corrected chi connectivity index (χ0v) is 12.4. The molecule has 0 atom stereocenters. The minimum atomic E-state index is -0.00763. The summed E-state index contributed by atoms with van der Waals surface area (Å²) in [7, 11) is 0. The summed E-state index contributed by atoms with van der Waals surface area (Å²) in [5.74, 6) is 0.306. The first-order valence-corrected chi connectivity index (χ1v) is 7.52. The number of aromatic nitrogens is 1. The molecule has 1 N–H and O–H groups in total. The van der Waals surface area contributed by atoms with Gasteiger partial charge in [0.2, 0.25) is 0 Å². The van der Waals surface area contributed by atoms with Crippen molar-refractivity contribution in [3.63, 3.8) is 0 Å². The van der Waals surface area contributed by atoms with Crippen LogP contribution in [0.2, 0.25) is 5.15 Å². The Morgan fingerprint density at radius 1 is 1.29 bits per heavy atom. The fourth-order valence-electron chi connectivity index (χ4n) is 2.82. The van der Waals surface area contributed by atoms with Crippen molar-refractivity contribution in [3.05, 3.63) is 41.2 Å². The topological polar surface area (TPSA) is 53.4 Å². The molecular formula is C16H17ClN2O2. The number of nitrogens with zero attached hydrogens (tertiary/aromatic N) is 2. The standard InChI is InChI=1S/C16H17ClN2O2/c17-15-13-4-2-1-3-12(13)14(9-18-15)16(21)19-7-5-11(10-20)6-8-19/h1-4,9,11,20H,5-8,10H2. The van der Waals surface area contributed by atoms with Crippen molar-refractivity contribution in [1.29, 1.82) is 0 Å². The summed E-state index contributed by atoms with van der Waals surface area (Å²) in [4.78, 5) is 18.7. The molecule has 0 saturated carbocycles. The third-order valence-corrected chi connectivity index (χ3v) is 4.44. The van der Waals surface area contributed by atoms with Crippen molar-refractivity contribution in [2.75, 3.05) is 19.7 Å². The third-order valence-electron chi connectivity index (χ3n) is 4.14. The summed E-state index contributed by atoms with van der Waals surface area (Å²) in [6.07, 6.45) is 3.26. The molecular weight excluding hydrogens is 288 g/mol. The lowest BCUT2D eigenvalue weighted by atomic mass is 9.97. The summed E-state index contributed by atoms with van der Waals surface area (Å²) in [6.45, 7) is 1.56. The fraction of sp³-hybridized carbons (Fsp3) is 0.375. The minimum Gasteiger partial charge on any atom is -0.396 e. The number of carbonyl (C=O) groups excluding carboxylic acids is 1. The van der Waals surface area contributed by atoms with Crippen LogP contribution in [0, 0.1) is 5.92 Å². The SMILES string of the molecule is O=C(c1cnc(Cl)c2ccccc12)N1CCC(CO)CC1. The molecule has 5 heteroatoms. The summed E-state index contributed by atoms with van der Waals surface area (Å²) < 4.78 is 0. The average Bonchev–Trinajstić information content (AvgIpc) is 2.55. The van der Waals surface area contributed by atoms with E-state index in [4.69, 9.17) is 11.6 Å². The van der Waals surface area contributed by atoms with E-state index in [-0.39, 0.29) is 12.5 Å². The molecule has 1 aliphatic rings. The van der Waals surface area contributed by atoms with Crippen molar-refractivity contribution in [1.82, 2.24) is 9.88 Å². The normalized spacial score (nSPS) is 16.4. The largest absolute Gasteiger partial charge is 0.396 e. The molecule has 1 fully saturated rings. The van der Waals surface area contributed by atoms with Crippen LogP contribution in [-0.2, 0) is 0 Å². The quantitative estimate of drug-likeness (QED) is 0.868. The first-order valence-electron chi connectivity index (χ1n) is 7.14. The van der Waals surface area contributed by atoms with Crippen LogP contribution in [0.25, 0.3) is 10.8 Å². The number of amides is 1. The zero-order chi connectivity index (χ0) is 14.8. The summed E-state index contributed by atoms with van der Waals surface area (Å²) in [5, 5.41) is 11.2. The Kier molecular flexibility index (Phi) is 4.08. The number of pyridine rings is 1. The van der Waals surface area contributed by atoms with Crippen molar-refractivity contribution < 1.29 is 9.90 Å². The minimum absolute atomic E-state index is 0.00763. The lowest BCUT2D eigenvalue weighted by Crippen LogP contribution is -2.39. The molecule has 2 heterocycles. The van der Waals surface area contributed by atoms with Gasteiger partial charge in [0.05, 0.1) is 5.56 Å². The first-order chi connectivity index (χ1) is 10.2. The number of rotatable bonds is 2. The Morgan fingerprint density at radius 2 is 1.95 bits per heavy atom. The molecule has 2 aromatic rings. The van der Waals surface area contributed by atoms with Crippen molar-refractivity contribution >= 4 is 28.3 Å². The summed E-state index contributed by atoms with van der Waals surface area (Å²) >= 11 is 6.09. The van der Waals surface area contributed by atoms with Gasteiger partial charge < -0.3 is 10.0 Å². The monoisotopic (exact) mass is 304 g/mol. The van der Waals surface area contributed by atoms with Crippen molar-refractivity contribution in [3.8, 4) is 0 Å². The second-order valence-corrected chi connectivity index (χ2v) is 5.78. The number of aliphatic hydroxyl groups is 1. The molecule has 0 aliphatic carbocycles. The molecule has 1 aliphatic heterocycles. The van der Waals surface area contributed by atoms with E-state index in [0.717, 1.165) is 23.6 Å². The van der Waals surface area contributed by atoms with Gasteiger partial charge in [-0.3, -0.25) is 4.79 Å². The van der Waals surface area contributed by atoms with Gasteiger partial charge in [0.25, 0.3) is 5.91 Å². The molecule has 1 amide bonds. The Bertz CT molecular complexity index is 666. The molecule has 3 rings (SSSR count). The highest BCUT2D eigenvalue weighted by molar-refractivity contribution is 6.34. The predicted octanol–water partition coefficient (Wildman–Crippen LogP) is 2.73. The first kappa shape index (κ1) is 14.3. The van der Waals surface area contributed by atoms with Gasteiger partial charge in [-0.2, -0.15) is 0 Å². The highest BCUT2D eigenvalue weighted by atomic mass is 35.5. The van der Waals surface area contributed by atoms with Gasteiger partial charge in [-0.25, -0.2) is 4.98 Å². The van der Waals surface area contributed by atoms with Gasteiger partial charge in [-0.15, -0.1) is 0 Å². The molecule has 0 radical (unpaired) electrons. The lowest BCUT2D eigenvalue weighted by molar-refractivity contribution is 0.0652. The van der Waals surface area contributed by atoms with Gasteiger partial charge >= 0.3 is 0 Å². The van der Waals surface area contributed by atoms with Crippen LogP contribution in [-0.4, -0.2) is 40.6 Å². The number of hydrogen-bond acceptors (Lipinski definition) is 3. The van der Waals surface area contributed by atoms with Crippen LogP contribution in [0.15, 0.2) is 30.5 Å². The van der Waals surface area contributed by atoms with E-state index in [0.29, 0.717) is 29.7 Å². The Labute approximate surface area is 128 Å². The van der Waals surface area contributed by atoms with Crippen LogP contribution < -0.4 is 0 Å². The molecule has 0 spiro atoms. The highest BCUT2D eigenvalue weighted by Crippen LogP contribution is 2.26. The lowest BCUT2D eigenvalue weighted by Gasteiger charge is -2.31. The van der Waals surface area contributed by atoms with Crippen molar-refractivity contribution in [2.24, 2.45) is 5.92 Å². The van der Waals surface area contributed by atoms with Crippen LogP contribution in [0.5, 0.6) is 0 Å². The van der Waals surface area contributed by atoms with Gasteiger partial charge in [0, 0.05) is 31.3 Å². The molecule has 110 valence electrons. The highest BCUT2D eigenvalue weighted by Gasteiger charge is 2.24. The van der Waals surface area contributed by atoms with E-state index in [1.54, 1.807) is 6.20 Å². The maximum absolute atomic E-state index is 12.7. The van der Waals surface area contributed by atoms with E-state index in [9.17, 15) is 9.90 Å². The zero-order valence-electron chi connectivity index (χ0n) is 11.6. The second-order valence-electron chi connectivity index (χ2n) is 5.43. The van der Waals surface area contributed by atoms with E-state index in [1.165, 1.54) is 0 Å². The maximum Gasteiger partial charge on any atom is 0.256 e. The molecule has 0 unspecified atom stereocenters. The van der Waals surface area contributed by atoms with Crippen LogP contribution in [0.3, 0.4) is 0 Å². The average molecular weight is 305 g/mol. The molecule has 21 heavy (non-hydrogen) atoms. The van der Waals surface area contributed by atoms with Crippen LogP contribution in [0.4, 0.5) is 0 Å². The van der Waals surface area contributed by atoms with Gasteiger partial charge in [-0.05, 0) is 24.1 Å². The van der Waals surface area contributed by atoms with E-state index in [1.807, 2.05) is 29.2 Å². The van der Waals surface area contributed by atoms with E-state index >= 15 is 0 Å². The Balaban J connectivity index is 1.90. The second kappa shape index (κ2) is 6.00. The number of aliphatic hydroxyl groups excluding tert-OH is 1. The number of hydrogen-bond donors (Lipinski definition) is 1. The Hall–Kier alpha value is -1.65. The van der Waals surface area contributed by atoms with E-state index < -0.39 is 0 Å². The molecule has 4 nitrogen and oxygen atoms in total. The number of likely N-dealkylation sites (tertiary alicyclic amines) is 1. The molecule has 1 saturated heterocycles. The predicted molar refractivity (Wildman–Crippen MR) is 82.5 cm³/mol. The van der Waals surface area contributed by atoms with Gasteiger partial charge in [0.15, 0.2) is 0 Å². The molecule has 1 aromatic heterocycles. The van der Waals surface area contributed by atoms with Gasteiger partial charge in [-0.1, -0.05) is 35.9 Å². The van der Waals surface area contributed by atoms with Crippen LogP contribution in [0.1, 0.15) is 23.2 Å². The summed E-state index contributed by atoms with van der Waals surface area (Å²) in [6, 6.07) is 7.56. The molecule has 0 bridgehead atoms. The fourth-order valence-corrected chi connectivity index (χ4v) is 3.03. The summed E-state index contributed by atoms with van der Waals surface area (Å²) in [5.41, 5.74) is 0.595. The van der Waals surface area contributed by atoms with Crippen LogP contribution >= 0.6 is 11.6 Å². The number of fused-ring (bicyclic) bond motifs is 1. The smallest absolute Gasteiger partial charge is 0.256 e. The number of piperidine rings is 1. The van der Waals surface area contributed by atoms with Gasteiger partial charge in [0.1, 0.15) is 5.15 Å². The maximum atomic E-state index is 12.7. The number of halogens is 1. The van der Waals surface area contributed by atoms with E-state index in [2.05, 4.69) is 4.98 Å². The number of carbonyl (C=O) groups is 1. The molecule has 1 aromatic carbocycles.